The van der Waals surface area contributed by atoms with Gasteiger partial charge in [0.1, 0.15) is 0 Å². The van der Waals surface area contributed by atoms with Gasteiger partial charge in [0.2, 0.25) is 0 Å². The van der Waals surface area contributed by atoms with Crippen LogP contribution in [0.4, 0.5) is 0 Å². The molecule has 1 aromatic heterocycles. The summed E-state index contributed by atoms with van der Waals surface area (Å²) in [6.45, 7) is 4.16. The Morgan fingerprint density at radius 3 is 2.58 bits per heavy atom. The molecule has 0 aliphatic rings. The van der Waals surface area contributed by atoms with Crippen molar-refractivity contribution in [2.45, 2.75) is 39.8 Å². The van der Waals surface area contributed by atoms with Crippen molar-refractivity contribution in [3.8, 4) is 0 Å². The van der Waals surface area contributed by atoms with Crippen LogP contribution in [0.3, 0.4) is 0 Å². The second-order valence-corrected chi connectivity index (χ2v) is 4.13. The summed E-state index contributed by atoms with van der Waals surface area (Å²) in [7, 11) is 0. The lowest BCUT2D eigenvalue weighted by Gasteiger charge is -2.07. The lowest BCUT2D eigenvalue weighted by atomic mass is 10.2. The highest BCUT2D eigenvalue weighted by atomic mass is 16.4. The molecule has 6 nitrogen and oxygen atoms in total. The van der Waals surface area contributed by atoms with Gasteiger partial charge in [-0.05, 0) is 12.8 Å². The fourth-order valence-corrected chi connectivity index (χ4v) is 1.72. The molecule has 0 saturated heterocycles. The molecule has 0 aromatic carbocycles. The van der Waals surface area contributed by atoms with E-state index in [-0.39, 0.29) is 12.1 Å². The molecule has 0 fully saturated rings. The van der Waals surface area contributed by atoms with E-state index in [1.807, 2.05) is 6.92 Å². The highest BCUT2D eigenvalue weighted by Gasteiger charge is 2.06. The van der Waals surface area contributed by atoms with E-state index in [1.165, 1.54) is 22.9 Å². The van der Waals surface area contributed by atoms with Crippen molar-refractivity contribution in [3.63, 3.8) is 0 Å². The molecule has 0 bridgehead atoms. The van der Waals surface area contributed by atoms with E-state index in [9.17, 15) is 14.4 Å². The Morgan fingerprint density at radius 1 is 1.37 bits per heavy atom. The topological polar surface area (TPSA) is 81.3 Å². The Labute approximate surface area is 110 Å². The molecular formula is C13H18N2O4. The third-order valence-corrected chi connectivity index (χ3v) is 2.78. The zero-order valence-electron chi connectivity index (χ0n) is 11.1. The molecule has 0 aliphatic heterocycles. The van der Waals surface area contributed by atoms with Gasteiger partial charge in [0.25, 0.3) is 5.56 Å². The second-order valence-electron chi connectivity index (χ2n) is 4.13. The van der Waals surface area contributed by atoms with Gasteiger partial charge in [0, 0.05) is 30.9 Å². The third kappa shape index (κ3) is 3.67. The van der Waals surface area contributed by atoms with Gasteiger partial charge in [0.15, 0.2) is 0 Å². The molecule has 1 heterocycles. The van der Waals surface area contributed by atoms with E-state index >= 15 is 0 Å². The molecule has 1 N–H and O–H groups in total. The van der Waals surface area contributed by atoms with Gasteiger partial charge in [-0.15, -0.1) is 0 Å². The van der Waals surface area contributed by atoms with E-state index in [0.29, 0.717) is 13.0 Å². The fraction of sp³-hybridized carbons (Fsp3) is 0.462. The lowest BCUT2D eigenvalue weighted by Crippen LogP contribution is -2.38. The van der Waals surface area contributed by atoms with Crippen LogP contribution in [0.1, 0.15) is 26.7 Å². The summed E-state index contributed by atoms with van der Waals surface area (Å²) in [4.78, 5) is 34.5. The highest BCUT2D eigenvalue weighted by molar-refractivity contribution is 5.86. The van der Waals surface area contributed by atoms with Crippen molar-refractivity contribution in [2.24, 2.45) is 0 Å². The van der Waals surface area contributed by atoms with Crippen LogP contribution in [0, 0.1) is 0 Å². The quantitative estimate of drug-likeness (QED) is 0.774. The number of allylic oxidation sites excluding steroid dienone is 1. The monoisotopic (exact) mass is 266 g/mol. The minimum Gasteiger partial charge on any atom is -0.478 e. The van der Waals surface area contributed by atoms with Crippen LogP contribution in [0.5, 0.6) is 0 Å². The summed E-state index contributed by atoms with van der Waals surface area (Å²) in [5.74, 6) is -1.03. The molecule has 1 rings (SSSR count). The van der Waals surface area contributed by atoms with Crippen molar-refractivity contribution in [1.82, 2.24) is 9.13 Å². The van der Waals surface area contributed by atoms with Gasteiger partial charge < -0.3 is 9.67 Å². The fourth-order valence-electron chi connectivity index (χ4n) is 1.72. The van der Waals surface area contributed by atoms with Gasteiger partial charge in [-0.3, -0.25) is 9.36 Å². The number of hydrogen-bond acceptors (Lipinski definition) is 3. The molecule has 0 unspecified atom stereocenters. The van der Waals surface area contributed by atoms with Crippen molar-refractivity contribution in [1.29, 1.82) is 0 Å². The van der Waals surface area contributed by atoms with E-state index < -0.39 is 17.2 Å². The molecule has 104 valence electrons. The van der Waals surface area contributed by atoms with Crippen LogP contribution in [-0.2, 0) is 17.9 Å². The van der Waals surface area contributed by atoms with Gasteiger partial charge in [-0.1, -0.05) is 19.9 Å². The Balaban J connectivity index is 3.14. The highest BCUT2D eigenvalue weighted by Crippen LogP contribution is 2.00. The summed E-state index contributed by atoms with van der Waals surface area (Å²) >= 11 is 0. The number of nitrogens with zero attached hydrogens (tertiary/aromatic N) is 2. The lowest BCUT2D eigenvalue weighted by molar-refractivity contribution is -0.132. The first-order valence-corrected chi connectivity index (χ1v) is 6.23. The normalized spacial score (nSPS) is 11.6. The first-order chi connectivity index (χ1) is 9.01. The molecule has 19 heavy (non-hydrogen) atoms. The summed E-state index contributed by atoms with van der Waals surface area (Å²) < 4.78 is 2.48. The van der Waals surface area contributed by atoms with Crippen LogP contribution < -0.4 is 11.2 Å². The van der Waals surface area contributed by atoms with Crippen LogP contribution in [0.15, 0.2) is 33.5 Å². The standard InChI is InChI=1S/C13H18N2O4/c1-3-7-14-8-6-11(16)15(13(14)19)9-5-10(4-2)12(17)18/h5-6,8H,3-4,7,9H2,1-2H3,(H,17,18). The third-order valence-electron chi connectivity index (χ3n) is 2.78. The van der Waals surface area contributed by atoms with Gasteiger partial charge in [-0.2, -0.15) is 0 Å². The average molecular weight is 266 g/mol. The van der Waals surface area contributed by atoms with E-state index in [2.05, 4.69) is 0 Å². The maximum atomic E-state index is 12.0. The number of rotatable bonds is 6. The number of aliphatic carboxylic acids is 1. The molecule has 0 radical (unpaired) electrons. The Kier molecular flexibility index (Phi) is 5.29. The predicted molar refractivity (Wildman–Crippen MR) is 71.3 cm³/mol. The SMILES string of the molecule is CCCn1ccc(=O)n(CC=C(CC)C(=O)O)c1=O. The van der Waals surface area contributed by atoms with Crippen LogP contribution in [0.2, 0.25) is 0 Å². The molecule has 0 saturated carbocycles. The van der Waals surface area contributed by atoms with E-state index in [0.717, 1.165) is 11.0 Å². The van der Waals surface area contributed by atoms with Crippen LogP contribution in [-0.4, -0.2) is 20.2 Å². The molecule has 6 heteroatoms. The van der Waals surface area contributed by atoms with E-state index in [4.69, 9.17) is 5.11 Å². The predicted octanol–water partition coefficient (Wildman–Crippen LogP) is 0.841. The average Bonchev–Trinajstić information content (AvgIpc) is 2.37. The zero-order valence-corrected chi connectivity index (χ0v) is 11.1. The molecule has 0 amide bonds. The molecule has 1 aromatic rings. The molecular weight excluding hydrogens is 248 g/mol. The van der Waals surface area contributed by atoms with E-state index in [1.54, 1.807) is 6.92 Å². The summed E-state index contributed by atoms with van der Waals surface area (Å²) in [5.41, 5.74) is -0.641. The van der Waals surface area contributed by atoms with Gasteiger partial charge >= 0.3 is 11.7 Å². The maximum Gasteiger partial charge on any atom is 0.331 e. The summed E-state index contributed by atoms with van der Waals surface area (Å²) in [5, 5.41) is 8.89. The number of carboxylic acids is 1. The van der Waals surface area contributed by atoms with Crippen molar-refractivity contribution < 1.29 is 9.90 Å². The minimum atomic E-state index is -1.03. The van der Waals surface area contributed by atoms with Crippen molar-refractivity contribution in [2.75, 3.05) is 0 Å². The molecule has 0 spiro atoms. The number of aryl methyl sites for hydroxylation is 1. The number of hydrogen-bond donors (Lipinski definition) is 1. The summed E-state index contributed by atoms with van der Waals surface area (Å²) in [6, 6.07) is 1.32. The Bertz CT molecular complexity index is 595. The minimum absolute atomic E-state index is 0.0162. The van der Waals surface area contributed by atoms with Crippen molar-refractivity contribution >= 4 is 5.97 Å². The van der Waals surface area contributed by atoms with Crippen LogP contribution >= 0.6 is 0 Å². The number of carboxylic acid groups (broad SMARTS) is 1. The maximum absolute atomic E-state index is 12.0. The second kappa shape index (κ2) is 6.72. The van der Waals surface area contributed by atoms with Gasteiger partial charge in [0.05, 0.1) is 0 Å². The largest absolute Gasteiger partial charge is 0.478 e. The first-order valence-electron chi connectivity index (χ1n) is 6.23. The smallest absolute Gasteiger partial charge is 0.331 e. The number of carbonyl (C=O) groups is 1. The Hall–Kier alpha value is -2.11. The molecule has 0 aliphatic carbocycles. The van der Waals surface area contributed by atoms with Gasteiger partial charge in [-0.25, -0.2) is 9.59 Å². The first kappa shape index (κ1) is 14.9. The van der Waals surface area contributed by atoms with Crippen molar-refractivity contribution in [3.05, 3.63) is 44.8 Å². The zero-order chi connectivity index (χ0) is 14.4. The van der Waals surface area contributed by atoms with Crippen LogP contribution in [0.25, 0.3) is 0 Å². The Morgan fingerprint density at radius 2 is 2.05 bits per heavy atom. The summed E-state index contributed by atoms with van der Waals surface area (Å²) in [6.07, 6.45) is 4.00. The molecule has 0 atom stereocenters. The number of aromatic nitrogens is 2.